The smallest absolute Gasteiger partial charge is 0.387 e. The number of methoxy groups -OCH3 is 1. The molecule has 0 spiro atoms. The van der Waals surface area contributed by atoms with Crippen LogP contribution >= 0.6 is 24.0 Å². The summed E-state index contributed by atoms with van der Waals surface area (Å²) in [7, 11) is 3.06. The van der Waals surface area contributed by atoms with Crippen LogP contribution in [-0.2, 0) is 17.8 Å². The number of halogens is 3. The Morgan fingerprint density at radius 3 is 2.72 bits per heavy atom. The van der Waals surface area contributed by atoms with Gasteiger partial charge < -0.3 is 25.0 Å². The van der Waals surface area contributed by atoms with Crippen LogP contribution in [0.1, 0.15) is 17.5 Å². The number of nitrogens with one attached hydrogen (secondary N) is 2. The number of guanidine groups is 1. The lowest BCUT2D eigenvalue weighted by molar-refractivity contribution is -0.117. The molecule has 1 heterocycles. The van der Waals surface area contributed by atoms with Crippen LogP contribution in [0.25, 0.3) is 0 Å². The third-order valence-electron chi connectivity index (χ3n) is 4.97. The molecule has 2 N–H and O–H groups in total. The number of hydrogen-bond acceptors (Lipinski definition) is 4. The second-order valence-electron chi connectivity index (χ2n) is 6.91. The first-order valence-corrected chi connectivity index (χ1v) is 9.96. The molecular formula is C22H27F2IN4O3. The molecule has 0 unspecified atom stereocenters. The van der Waals surface area contributed by atoms with Gasteiger partial charge in [-0.3, -0.25) is 9.79 Å². The van der Waals surface area contributed by atoms with E-state index in [1.807, 2.05) is 24.3 Å². The fourth-order valence-electron chi connectivity index (χ4n) is 3.48. The van der Waals surface area contributed by atoms with Gasteiger partial charge in [0.25, 0.3) is 0 Å². The van der Waals surface area contributed by atoms with Crippen molar-refractivity contribution < 1.29 is 23.0 Å². The molecule has 1 amide bonds. The minimum Gasteiger partial charge on any atom is -0.497 e. The first-order valence-electron chi connectivity index (χ1n) is 9.96. The van der Waals surface area contributed by atoms with E-state index < -0.39 is 6.61 Å². The number of ether oxygens (including phenoxy) is 2. The van der Waals surface area contributed by atoms with Crippen molar-refractivity contribution in [3.63, 3.8) is 0 Å². The van der Waals surface area contributed by atoms with E-state index in [9.17, 15) is 13.6 Å². The summed E-state index contributed by atoms with van der Waals surface area (Å²) < 4.78 is 35.1. The van der Waals surface area contributed by atoms with Crippen molar-refractivity contribution in [2.75, 3.05) is 32.1 Å². The Morgan fingerprint density at radius 2 is 2.00 bits per heavy atom. The molecule has 0 saturated heterocycles. The number of carbonyl (C=O) groups excluding carboxylic acids is 1. The molecule has 0 saturated carbocycles. The van der Waals surface area contributed by atoms with Gasteiger partial charge in [0.1, 0.15) is 11.5 Å². The summed E-state index contributed by atoms with van der Waals surface area (Å²) in [6, 6.07) is 12.5. The second kappa shape index (κ2) is 12.4. The lowest BCUT2D eigenvalue weighted by atomic mass is 10.0. The normalized spacial score (nSPS) is 13.2. The van der Waals surface area contributed by atoms with E-state index in [0.29, 0.717) is 23.8 Å². The Labute approximate surface area is 203 Å². The monoisotopic (exact) mass is 560 g/mol. The third-order valence-corrected chi connectivity index (χ3v) is 4.97. The van der Waals surface area contributed by atoms with Crippen LogP contribution in [0.15, 0.2) is 47.5 Å². The summed E-state index contributed by atoms with van der Waals surface area (Å²) in [5.41, 5.74) is 2.57. The number of anilines is 1. The molecule has 0 radical (unpaired) electrons. The van der Waals surface area contributed by atoms with Crippen molar-refractivity contribution >= 4 is 41.5 Å². The van der Waals surface area contributed by atoms with Crippen LogP contribution in [-0.4, -0.2) is 45.7 Å². The van der Waals surface area contributed by atoms with Gasteiger partial charge in [-0.05, 0) is 42.7 Å². The van der Waals surface area contributed by atoms with Crippen molar-refractivity contribution in [2.24, 2.45) is 4.99 Å². The fourth-order valence-corrected chi connectivity index (χ4v) is 3.48. The van der Waals surface area contributed by atoms with Crippen LogP contribution in [0.4, 0.5) is 14.5 Å². The lowest BCUT2D eigenvalue weighted by Crippen LogP contribution is -2.45. The van der Waals surface area contributed by atoms with Gasteiger partial charge in [-0.1, -0.05) is 18.2 Å². The van der Waals surface area contributed by atoms with E-state index in [1.165, 1.54) is 13.2 Å². The Morgan fingerprint density at radius 1 is 1.22 bits per heavy atom. The van der Waals surface area contributed by atoms with Gasteiger partial charge >= 0.3 is 6.61 Å². The molecule has 0 bridgehead atoms. The first kappa shape index (κ1) is 25.6. The van der Waals surface area contributed by atoms with Crippen molar-refractivity contribution in [1.29, 1.82) is 0 Å². The van der Waals surface area contributed by atoms with Gasteiger partial charge in [-0.15, -0.1) is 24.0 Å². The zero-order valence-electron chi connectivity index (χ0n) is 17.9. The van der Waals surface area contributed by atoms with Gasteiger partial charge in [-0.25, -0.2) is 0 Å². The predicted octanol–water partition coefficient (Wildman–Crippen LogP) is 3.56. The molecule has 1 aliphatic rings. The molecule has 10 heteroatoms. The van der Waals surface area contributed by atoms with Crippen LogP contribution in [0.3, 0.4) is 0 Å². The number of benzene rings is 2. The third kappa shape index (κ3) is 6.68. The summed E-state index contributed by atoms with van der Waals surface area (Å²) in [6.45, 7) is -2.07. The number of carbonyl (C=O) groups is 1. The minimum absolute atomic E-state index is 0. The van der Waals surface area contributed by atoms with E-state index in [4.69, 9.17) is 4.74 Å². The molecule has 7 nitrogen and oxygen atoms in total. The maximum atomic E-state index is 12.8. The van der Waals surface area contributed by atoms with E-state index in [-0.39, 0.29) is 48.7 Å². The highest BCUT2D eigenvalue weighted by Gasteiger charge is 2.22. The Balaban J connectivity index is 0.00000363. The number of amides is 1. The van der Waals surface area contributed by atoms with Gasteiger partial charge in [0.05, 0.1) is 13.7 Å². The number of rotatable bonds is 7. The summed E-state index contributed by atoms with van der Waals surface area (Å²) in [6.07, 6.45) is 1.87. The van der Waals surface area contributed by atoms with Crippen LogP contribution in [0, 0.1) is 0 Å². The average molecular weight is 560 g/mol. The number of aliphatic imine (C=N–C) groups is 1. The Kier molecular flexibility index (Phi) is 9.95. The van der Waals surface area contributed by atoms with Gasteiger partial charge in [0, 0.05) is 31.4 Å². The van der Waals surface area contributed by atoms with Crippen molar-refractivity contribution in [3.05, 3.63) is 53.6 Å². The zero-order chi connectivity index (χ0) is 22.2. The summed E-state index contributed by atoms with van der Waals surface area (Å²) >= 11 is 0. The van der Waals surface area contributed by atoms with E-state index >= 15 is 0 Å². The lowest BCUT2D eigenvalue weighted by Gasteiger charge is -2.29. The minimum atomic E-state index is -2.94. The molecule has 0 fully saturated rings. The first-order chi connectivity index (χ1) is 15.0. The molecular weight excluding hydrogens is 533 g/mol. The van der Waals surface area contributed by atoms with E-state index in [2.05, 4.69) is 20.4 Å². The average Bonchev–Trinajstić information content (AvgIpc) is 2.79. The largest absolute Gasteiger partial charge is 0.497 e. The summed E-state index contributed by atoms with van der Waals surface area (Å²) in [5.74, 6) is 0.850. The SMILES string of the molecule is CN=C(NCC(=O)N1CCCc2ccccc21)NCc1cc(OC)ccc1OC(F)F.I. The maximum Gasteiger partial charge on any atom is 0.387 e. The second-order valence-corrected chi connectivity index (χ2v) is 6.91. The molecule has 0 atom stereocenters. The molecule has 2 aromatic carbocycles. The summed E-state index contributed by atoms with van der Waals surface area (Å²) in [5, 5.41) is 6.00. The number of alkyl halides is 2. The van der Waals surface area contributed by atoms with E-state index in [1.54, 1.807) is 24.1 Å². The molecule has 32 heavy (non-hydrogen) atoms. The topological polar surface area (TPSA) is 75.2 Å². The number of hydrogen-bond donors (Lipinski definition) is 2. The molecule has 174 valence electrons. The highest BCUT2D eigenvalue weighted by molar-refractivity contribution is 14.0. The van der Waals surface area contributed by atoms with Crippen LogP contribution in [0.5, 0.6) is 11.5 Å². The van der Waals surface area contributed by atoms with Gasteiger partial charge in [-0.2, -0.15) is 8.78 Å². The van der Waals surface area contributed by atoms with Gasteiger partial charge in [0.15, 0.2) is 5.96 Å². The Bertz CT molecular complexity index is 943. The molecule has 2 aromatic rings. The van der Waals surface area contributed by atoms with Crippen LogP contribution in [0.2, 0.25) is 0 Å². The molecule has 0 aliphatic carbocycles. The van der Waals surface area contributed by atoms with E-state index in [0.717, 1.165) is 24.1 Å². The predicted molar refractivity (Wildman–Crippen MR) is 130 cm³/mol. The molecule has 1 aliphatic heterocycles. The highest BCUT2D eigenvalue weighted by atomic mass is 127. The highest BCUT2D eigenvalue weighted by Crippen LogP contribution is 2.27. The zero-order valence-corrected chi connectivity index (χ0v) is 20.3. The number of fused-ring (bicyclic) bond motifs is 1. The number of nitrogens with zero attached hydrogens (tertiary/aromatic N) is 2. The van der Waals surface area contributed by atoms with Gasteiger partial charge in [0.2, 0.25) is 5.91 Å². The number of aryl methyl sites for hydroxylation is 1. The van der Waals surface area contributed by atoms with Crippen molar-refractivity contribution in [1.82, 2.24) is 10.6 Å². The Hall–Kier alpha value is -2.63. The van der Waals surface area contributed by atoms with Crippen molar-refractivity contribution in [3.8, 4) is 11.5 Å². The summed E-state index contributed by atoms with van der Waals surface area (Å²) in [4.78, 5) is 18.6. The quantitative estimate of drug-likeness (QED) is 0.308. The number of para-hydroxylation sites is 1. The fraction of sp³-hybridized carbons (Fsp3) is 0.364. The van der Waals surface area contributed by atoms with Crippen LogP contribution < -0.4 is 25.0 Å². The standard InChI is InChI=1S/C22H26F2N4O3.HI/c1-25-22(26-13-16-12-17(30-2)9-10-19(16)31-21(23)24)27-14-20(29)28-11-5-7-15-6-3-4-8-18(15)28;/h3-4,6,8-10,12,21H,5,7,11,13-14H2,1-2H3,(H2,25,26,27);1H. The molecule has 0 aromatic heterocycles. The maximum absolute atomic E-state index is 12.8. The van der Waals surface area contributed by atoms with Crippen molar-refractivity contribution in [2.45, 2.75) is 26.0 Å². The molecule has 3 rings (SSSR count).